The number of rotatable bonds is 2. The molecule has 0 aliphatic carbocycles. The maximum absolute atomic E-state index is 10.4. The van der Waals surface area contributed by atoms with Crippen LogP contribution in [0.15, 0.2) is 40.9 Å². The molecule has 0 fully saturated rings. The molecule has 18 heavy (non-hydrogen) atoms. The van der Waals surface area contributed by atoms with Gasteiger partial charge < -0.3 is 10.8 Å². The third kappa shape index (κ3) is 2.64. The molecule has 1 unspecified atom stereocenters. The Bertz CT molecular complexity index is 587. The summed E-state index contributed by atoms with van der Waals surface area (Å²) in [7, 11) is 0. The molecule has 0 aromatic heterocycles. The zero-order valence-corrected chi connectivity index (χ0v) is 12.3. The van der Waals surface area contributed by atoms with Crippen molar-refractivity contribution in [3.05, 3.63) is 62.0 Å². The van der Waals surface area contributed by atoms with Gasteiger partial charge in [0.25, 0.3) is 0 Å². The van der Waals surface area contributed by atoms with Gasteiger partial charge in [0.15, 0.2) is 0 Å². The molecule has 1 atom stereocenters. The van der Waals surface area contributed by atoms with Crippen molar-refractivity contribution in [3.63, 3.8) is 0 Å². The lowest BCUT2D eigenvalue weighted by Crippen LogP contribution is -2.04. The third-order valence-electron chi connectivity index (χ3n) is 2.62. The molecule has 0 saturated carbocycles. The summed E-state index contributed by atoms with van der Waals surface area (Å²) in [6, 6.07) is 10.4. The summed E-state index contributed by atoms with van der Waals surface area (Å²) >= 11 is 15.4. The fraction of sp³-hybridized carbons (Fsp3) is 0.0769. The molecule has 2 aromatic rings. The molecule has 0 heterocycles. The summed E-state index contributed by atoms with van der Waals surface area (Å²) in [4.78, 5) is 0. The van der Waals surface area contributed by atoms with Crippen LogP contribution in [-0.4, -0.2) is 5.11 Å². The zero-order chi connectivity index (χ0) is 13.3. The maximum Gasteiger partial charge on any atom is 0.108 e. The van der Waals surface area contributed by atoms with E-state index in [1.54, 1.807) is 30.3 Å². The summed E-state index contributed by atoms with van der Waals surface area (Å²) < 4.78 is 0.837. The number of halogens is 3. The second kappa shape index (κ2) is 5.49. The lowest BCUT2D eigenvalue weighted by molar-refractivity contribution is 0.221. The first-order valence-corrected chi connectivity index (χ1v) is 6.72. The van der Waals surface area contributed by atoms with Crippen LogP contribution in [-0.2, 0) is 0 Å². The van der Waals surface area contributed by atoms with Crippen molar-refractivity contribution in [2.75, 3.05) is 5.73 Å². The number of nitrogen functional groups attached to an aromatic ring is 1. The molecule has 0 radical (unpaired) electrons. The van der Waals surface area contributed by atoms with E-state index in [2.05, 4.69) is 15.9 Å². The van der Waals surface area contributed by atoms with Crippen molar-refractivity contribution in [2.45, 2.75) is 6.10 Å². The van der Waals surface area contributed by atoms with E-state index >= 15 is 0 Å². The van der Waals surface area contributed by atoms with Crippen molar-refractivity contribution < 1.29 is 5.11 Å². The minimum atomic E-state index is -0.909. The highest BCUT2D eigenvalue weighted by atomic mass is 79.9. The first-order valence-electron chi connectivity index (χ1n) is 5.17. The minimum absolute atomic E-state index is 0.339. The Morgan fingerprint density at radius 3 is 2.56 bits per heavy atom. The molecule has 0 bridgehead atoms. The molecular formula is C13H10BrCl2NO. The zero-order valence-electron chi connectivity index (χ0n) is 9.20. The van der Waals surface area contributed by atoms with Gasteiger partial charge in [-0.3, -0.25) is 0 Å². The van der Waals surface area contributed by atoms with Crippen LogP contribution in [0.1, 0.15) is 17.2 Å². The standard InChI is InChI=1S/C13H10BrCl2NO/c14-7-4-5-11(17)9(6-7)13(18)8-2-1-3-10(15)12(8)16/h1-6,13,18H,17H2. The van der Waals surface area contributed by atoms with Crippen LogP contribution >= 0.6 is 39.1 Å². The molecule has 0 amide bonds. The van der Waals surface area contributed by atoms with Gasteiger partial charge in [0.1, 0.15) is 6.10 Å². The number of aliphatic hydroxyl groups excluding tert-OH is 1. The Hall–Kier alpha value is -0.740. The third-order valence-corrected chi connectivity index (χ3v) is 3.95. The van der Waals surface area contributed by atoms with Gasteiger partial charge in [-0.25, -0.2) is 0 Å². The second-order valence-electron chi connectivity index (χ2n) is 3.82. The van der Waals surface area contributed by atoms with E-state index in [0.717, 1.165) is 4.47 Å². The molecule has 0 spiro atoms. The summed E-state index contributed by atoms with van der Waals surface area (Å²) in [5.41, 5.74) is 7.49. The maximum atomic E-state index is 10.4. The fourth-order valence-corrected chi connectivity index (χ4v) is 2.47. The largest absolute Gasteiger partial charge is 0.398 e. The molecule has 3 N–H and O–H groups in total. The normalized spacial score (nSPS) is 12.4. The highest BCUT2D eigenvalue weighted by Gasteiger charge is 2.18. The van der Waals surface area contributed by atoms with Crippen molar-refractivity contribution in [2.24, 2.45) is 0 Å². The van der Waals surface area contributed by atoms with Crippen molar-refractivity contribution >= 4 is 44.8 Å². The van der Waals surface area contributed by atoms with Crippen LogP contribution < -0.4 is 5.73 Å². The first-order chi connectivity index (χ1) is 8.50. The predicted octanol–water partition coefficient (Wildman–Crippen LogP) is 4.42. The quantitative estimate of drug-likeness (QED) is 0.790. The van der Waals surface area contributed by atoms with Gasteiger partial charge in [-0.2, -0.15) is 0 Å². The van der Waals surface area contributed by atoms with E-state index in [1.807, 2.05) is 6.07 Å². The summed E-state index contributed by atoms with van der Waals surface area (Å²) in [6.45, 7) is 0. The predicted molar refractivity (Wildman–Crippen MR) is 79.1 cm³/mol. The Morgan fingerprint density at radius 1 is 1.11 bits per heavy atom. The first kappa shape index (κ1) is 13.7. The Morgan fingerprint density at radius 2 is 1.83 bits per heavy atom. The Kier molecular flexibility index (Phi) is 4.17. The highest BCUT2D eigenvalue weighted by Crippen LogP contribution is 2.35. The van der Waals surface area contributed by atoms with Gasteiger partial charge in [0, 0.05) is 21.3 Å². The lowest BCUT2D eigenvalue weighted by Gasteiger charge is -2.16. The van der Waals surface area contributed by atoms with E-state index in [0.29, 0.717) is 26.9 Å². The molecule has 2 rings (SSSR count). The molecule has 2 aromatic carbocycles. The molecular weight excluding hydrogens is 337 g/mol. The van der Waals surface area contributed by atoms with Gasteiger partial charge in [0.2, 0.25) is 0 Å². The molecule has 2 nitrogen and oxygen atoms in total. The second-order valence-corrected chi connectivity index (χ2v) is 5.52. The lowest BCUT2D eigenvalue weighted by atomic mass is 10.00. The number of anilines is 1. The van der Waals surface area contributed by atoms with Crippen LogP contribution in [0.25, 0.3) is 0 Å². The Balaban J connectivity index is 2.51. The summed E-state index contributed by atoms with van der Waals surface area (Å²) in [5, 5.41) is 11.1. The van der Waals surface area contributed by atoms with Crippen LogP contribution in [0.3, 0.4) is 0 Å². The number of hydrogen-bond acceptors (Lipinski definition) is 2. The van der Waals surface area contributed by atoms with Crippen LogP contribution in [0.4, 0.5) is 5.69 Å². The van der Waals surface area contributed by atoms with Crippen LogP contribution in [0.2, 0.25) is 10.0 Å². The number of hydrogen-bond donors (Lipinski definition) is 2. The van der Waals surface area contributed by atoms with Crippen molar-refractivity contribution in [1.29, 1.82) is 0 Å². The van der Waals surface area contributed by atoms with Gasteiger partial charge in [0.05, 0.1) is 10.0 Å². The minimum Gasteiger partial charge on any atom is -0.398 e. The van der Waals surface area contributed by atoms with Gasteiger partial charge in [-0.1, -0.05) is 51.3 Å². The van der Waals surface area contributed by atoms with Crippen molar-refractivity contribution in [1.82, 2.24) is 0 Å². The van der Waals surface area contributed by atoms with E-state index in [1.165, 1.54) is 0 Å². The average Bonchev–Trinajstić information content (AvgIpc) is 2.35. The van der Waals surface area contributed by atoms with Gasteiger partial charge in [-0.15, -0.1) is 0 Å². The highest BCUT2D eigenvalue weighted by molar-refractivity contribution is 9.10. The summed E-state index contributed by atoms with van der Waals surface area (Å²) in [6.07, 6.45) is -0.909. The fourth-order valence-electron chi connectivity index (χ4n) is 1.68. The summed E-state index contributed by atoms with van der Waals surface area (Å²) in [5.74, 6) is 0. The number of nitrogens with two attached hydrogens (primary N) is 1. The van der Waals surface area contributed by atoms with Crippen LogP contribution in [0.5, 0.6) is 0 Å². The van der Waals surface area contributed by atoms with Crippen LogP contribution in [0, 0.1) is 0 Å². The smallest absolute Gasteiger partial charge is 0.108 e. The molecule has 0 saturated heterocycles. The molecule has 0 aliphatic rings. The van der Waals surface area contributed by atoms with E-state index in [-0.39, 0.29) is 0 Å². The number of aliphatic hydroxyl groups is 1. The van der Waals surface area contributed by atoms with Gasteiger partial charge >= 0.3 is 0 Å². The van der Waals surface area contributed by atoms with E-state index in [4.69, 9.17) is 28.9 Å². The van der Waals surface area contributed by atoms with E-state index in [9.17, 15) is 5.11 Å². The van der Waals surface area contributed by atoms with Crippen molar-refractivity contribution in [3.8, 4) is 0 Å². The molecule has 0 aliphatic heterocycles. The SMILES string of the molecule is Nc1ccc(Br)cc1C(O)c1cccc(Cl)c1Cl. The number of benzene rings is 2. The van der Waals surface area contributed by atoms with E-state index < -0.39 is 6.10 Å². The molecule has 94 valence electrons. The average molecular weight is 347 g/mol. The molecule has 5 heteroatoms. The monoisotopic (exact) mass is 345 g/mol. The Labute approximate surface area is 123 Å². The topological polar surface area (TPSA) is 46.2 Å². The van der Waals surface area contributed by atoms with Gasteiger partial charge in [-0.05, 0) is 24.3 Å².